The van der Waals surface area contributed by atoms with Gasteiger partial charge in [0.25, 0.3) is 0 Å². The summed E-state index contributed by atoms with van der Waals surface area (Å²) in [5.74, 6) is -0.156. The van der Waals surface area contributed by atoms with Crippen LogP contribution in [-0.2, 0) is 6.42 Å². The highest BCUT2D eigenvalue weighted by Gasteiger charge is 2.13. The predicted octanol–water partition coefficient (Wildman–Crippen LogP) is 4.85. The van der Waals surface area contributed by atoms with Crippen molar-refractivity contribution in [2.75, 3.05) is 7.05 Å². The number of nitrogens with one attached hydrogen (secondary N) is 1. The zero-order chi connectivity index (χ0) is 13.8. The predicted molar refractivity (Wildman–Crippen MR) is 83.7 cm³/mol. The summed E-state index contributed by atoms with van der Waals surface area (Å²) in [4.78, 5) is 0. The smallest absolute Gasteiger partial charge is 0.126 e. The lowest BCUT2D eigenvalue weighted by atomic mass is 9.99. The van der Waals surface area contributed by atoms with E-state index in [1.807, 2.05) is 37.4 Å². The topological polar surface area (TPSA) is 12.0 Å². The second-order valence-corrected chi connectivity index (χ2v) is 6.17. The zero-order valence-corrected chi connectivity index (χ0v) is 13.6. The van der Waals surface area contributed by atoms with E-state index in [2.05, 4.69) is 37.2 Å². The first-order valence-electron chi connectivity index (χ1n) is 5.97. The van der Waals surface area contributed by atoms with Gasteiger partial charge in [-0.2, -0.15) is 0 Å². The van der Waals surface area contributed by atoms with Crippen LogP contribution in [0.25, 0.3) is 0 Å². The Morgan fingerprint density at radius 2 is 1.74 bits per heavy atom. The summed E-state index contributed by atoms with van der Waals surface area (Å²) in [7, 11) is 1.89. The maximum absolute atomic E-state index is 13.7. The molecule has 4 heteroatoms. The second-order valence-electron chi connectivity index (χ2n) is 4.34. The molecular weight excluding hydrogens is 373 g/mol. The van der Waals surface area contributed by atoms with Crippen LogP contribution in [-0.4, -0.2) is 7.05 Å². The van der Waals surface area contributed by atoms with Gasteiger partial charge in [0.05, 0.1) is 0 Å². The normalized spacial score (nSPS) is 12.4. The Kier molecular flexibility index (Phi) is 5.13. The van der Waals surface area contributed by atoms with Crippen molar-refractivity contribution in [3.05, 3.63) is 68.4 Å². The monoisotopic (exact) mass is 385 g/mol. The summed E-state index contributed by atoms with van der Waals surface area (Å²) in [6.07, 6.45) is 0.617. The van der Waals surface area contributed by atoms with Crippen molar-refractivity contribution in [2.45, 2.75) is 12.5 Å². The number of halogens is 3. The third-order valence-electron chi connectivity index (χ3n) is 3.02. The average Bonchev–Trinajstić information content (AvgIpc) is 2.36. The van der Waals surface area contributed by atoms with Crippen LogP contribution in [0, 0.1) is 5.82 Å². The lowest BCUT2D eigenvalue weighted by Crippen LogP contribution is -2.19. The second kappa shape index (κ2) is 6.64. The maximum Gasteiger partial charge on any atom is 0.126 e. The molecule has 2 aromatic carbocycles. The quantitative estimate of drug-likeness (QED) is 0.791. The Morgan fingerprint density at radius 3 is 2.32 bits per heavy atom. The van der Waals surface area contributed by atoms with Gasteiger partial charge in [-0.1, -0.05) is 50.1 Å². The largest absolute Gasteiger partial charge is 0.313 e. The summed E-state index contributed by atoms with van der Waals surface area (Å²) in [6.45, 7) is 0. The third-order valence-corrected chi connectivity index (χ3v) is 3.93. The minimum Gasteiger partial charge on any atom is -0.313 e. The summed E-state index contributed by atoms with van der Waals surface area (Å²) < 4.78 is 15.7. The van der Waals surface area contributed by atoms with Crippen molar-refractivity contribution >= 4 is 31.9 Å². The fraction of sp³-hybridized carbons (Fsp3) is 0.200. The highest BCUT2D eigenvalue weighted by atomic mass is 79.9. The van der Waals surface area contributed by atoms with E-state index in [1.54, 1.807) is 6.07 Å². The van der Waals surface area contributed by atoms with E-state index in [0.29, 0.717) is 6.42 Å². The van der Waals surface area contributed by atoms with E-state index < -0.39 is 0 Å². The lowest BCUT2D eigenvalue weighted by molar-refractivity contribution is 0.554. The van der Waals surface area contributed by atoms with Crippen molar-refractivity contribution < 1.29 is 4.39 Å². The van der Waals surface area contributed by atoms with Gasteiger partial charge in [0.15, 0.2) is 0 Å². The molecule has 0 spiro atoms. The van der Waals surface area contributed by atoms with Crippen molar-refractivity contribution in [1.82, 2.24) is 5.32 Å². The van der Waals surface area contributed by atoms with Crippen molar-refractivity contribution in [3.8, 4) is 0 Å². The van der Waals surface area contributed by atoms with Gasteiger partial charge in [0, 0.05) is 15.0 Å². The Bertz CT molecular complexity index is 552. The summed E-state index contributed by atoms with van der Waals surface area (Å²) in [6, 6.07) is 13.1. The first-order valence-corrected chi connectivity index (χ1v) is 7.55. The fourth-order valence-corrected chi connectivity index (χ4v) is 3.38. The van der Waals surface area contributed by atoms with Crippen LogP contribution in [0.3, 0.4) is 0 Å². The molecule has 2 rings (SSSR count). The summed E-state index contributed by atoms with van der Waals surface area (Å²) in [5.41, 5.74) is 1.84. The molecule has 0 heterocycles. The molecule has 1 nitrogen and oxygen atoms in total. The van der Waals surface area contributed by atoms with Gasteiger partial charge in [-0.3, -0.25) is 0 Å². The Balaban J connectivity index is 2.28. The molecule has 0 aromatic heterocycles. The van der Waals surface area contributed by atoms with Crippen LogP contribution in [0.4, 0.5) is 4.39 Å². The Labute approximate surface area is 129 Å². The van der Waals surface area contributed by atoms with E-state index in [9.17, 15) is 4.39 Å². The maximum atomic E-state index is 13.7. The van der Waals surface area contributed by atoms with E-state index in [4.69, 9.17) is 0 Å². The van der Waals surface area contributed by atoms with Crippen molar-refractivity contribution in [1.29, 1.82) is 0 Å². The third kappa shape index (κ3) is 3.88. The molecule has 0 amide bonds. The number of likely N-dealkylation sites (N-methyl/N-ethyl adjacent to an activating group) is 1. The molecule has 1 atom stereocenters. The van der Waals surface area contributed by atoms with E-state index in [1.165, 1.54) is 6.07 Å². The van der Waals surface area contributed by atoms with Gasteiger partial charge >= 0.3 is 0 Å². The molecule has 0 saturated heterocycles. The molecule has 2 aromatic rings. The van der Waals surface area contributed by atoms with Crippen molar-refractivity contribution in [2.24, 2.45) is 0 Å². The molecule has 0 aliphatic carbocycles. The molecule has 0 aliphatic rings. The zero-order valence-electron chi connectivity index (χ0n) is 10.5. The molecule has 19 heavy (non-hydrogen) atoms. The van der Waals surface area contributed by atoms with Crippen LogP contribution >= 0.6 is 31.9 Å². The fourth-order valence-electron chi connectivity index (χ4n) is 2.05. The highest BCUT2D eigenvalue weighted by molar-refractivity contribution is 9.11. The molecule has 0 radical (unpaired) electrons. The standard InChI is InChI=1S/C15H14Br2FN/c1-19-15(8-10-4-2-3-5-14(10)18)11-6-12(16)9-13(17)7-11/h2-7,9,15,19H,8H2,1H3. The first-order chi connectivity index (χ1) is 9.10. The Hall–Kier alpha value is -0.710. The van der Waals surface area contributed by atoms with Crippen LogP contribution in [0.15, 0.2) is 51.4 Å². The number of hydrogen-bond acceptors (Lipinski definition) is 1. The molecule has 0 fully saturated rings. The highest BCUT2D eigenvalue weighted by Crippen LogP contribution is 2.26. The number of benzene rings is 2. The lowest BCUT2D eigenvalue weighted by Gasteiger charge is -2.18. The molecule has 0 aliphatic heterocycles. The van der Waals surface area contributed by atoms with Gasteiger partial charge in [-0.05, 0) is 48.9 Å². The SMILES string of the molecule is CNC(Cc1ccccc1F)c1cc(Br)cc(Br)c1. The van der Waals surface area contributed by atoms with E-state index in [0.717, 1.165) is 20.1 Å². The minimum atomic E-state index is -0.156. The van der Waals surface area contributed by atoms with Crippen LogP contribution < -0.4 is 5.32 Å². The average molecular weight is 387 g/mol. The van der Waals surface area contributed by atoms with Crippen LogP contribution in [0.1, 0.15) is 17.2 Å². The van der Waals surface area contributed by atoms with Gasteiger partial charge < -0.3 is 5.32 Å². The van der Waals surface area contributed by atoms with Crippen LogP contribution in [0.2, 0.25) is 0 Å². The first kappa shape index (κ1) is 14.7. The van der Waals surface area contributed by atoms with Gasteiger partial charge in [-0.25, -0.2) is 4.39 Å². The summed E-state index contributed by atoms with van der Waals surface area (Å²) in [5, 5.41) is 3.24. The molecular formula is C15H14Br2FN. The number of hydrogen-bond donors (Lipinski definition) is 1. The molecule has 0 saturated carbocycles. The van der Waals surface area contributed by atoms with E-state index >= 15 is 0 Å². The van der Waals surface area contributed by atoms with Gasteiger partial charge in [-0.15, -0.1) is 0 Å². The van der Waals surface area contributed by atoms with Gasteiger partial charge in [0.2, 0.25) is 0 Å². The number of rotatable bonds is 4. The van der Waals surface area contributed by atoms with Crippen LogP contribution in [0.5, 0.6) is 0 Å². The summed E-state index contributed by atoms with van der Waals surface area (Å²) >= 11 is 6.96. The molecule has 1 N–H and O–H groups in total. The minimum absolute atomic E-state index is 0.0747. The molecule has 100 valence electrons. The Morgan fingerprint density at radius 1 is 1.11 bits per heavy atom. The molecule has 0 bridgehead atoms. The molecule has 1 unspecified atom stereocenters. The van der Waals surface area contributed by atoms with E-state index in [-0.39, 0.29) is 11.9 Å². The van der Waals surface area contributed by atoms with Crippen molar-refractivity contribution in [3.63, 3.8) is 0 Å². The van der Waals surface area contributed by atoms with Gasteiger partial charge in [0.1, 0.15) is 5.82 Å².